The van der Waals surface area contributed by atoms with Gasteiger partial charge in [-0.05, 0) is 43.7 Å². The standard InChI is InChI=1S/C17H20N4O3/c1-3-11-20(4-2)14-7-5-13(6-8-14)18-19-16-10-9-15(21(23)24)12-17(16)22/h5-10,12,22H,3-4,11H2,1-2H3/b19-18+. The highest BCUT2D eigenvalue weighted by molar-refractivity contribution is 5.57. The number of phenolic OH excluding ortho intramolecular Hbond substituents is 1. The van der Waals surface area contributed by atoms with Gasteiger partial charge in [0.25, 0.3) is 5.69 Å². The molecule has 0 aromatic heterocycles. The number of anilines is 1. The largest absolute Gasteiger partial charge is 0.505 e. The van der Waals surface area contributed by atoms with Crippen molar-refractivity contribution in [3.05, 3.63) is 52.6 Å². The molecule has 24 heavy (non-hydrogen) atoms. The number of hydrogen-bond donors (Lipinski definition) is 1. The molecule has 2 rings (SSSR count). The number of benzene rings is 2. The Morgan fingerprint density at radius 3 is 2.38 bits per heavy atom. The maximum Gasteiger partial charge on any atom is 0.273 e. The number of rotatable bonds is 7. The zero-order valence-corrected chi connectivity index (χ0v) is 13.7. The summed E-state index contributed by atoms with van der Waals surface area (Å²) in [6.45, 7) is 6.18. The first kappa shape index (κ1) is 17.4. The van der Waals surface area contributed by atoms with Crippen molar-refractivity contribution in [2.24, 2.45) is 10.2 Å². The Morgan fingerprint density at radius 1 is 1.12 bits per heavy atom. The fourth-order valence-corrected chi connectivity index (χ4v) is 2.29. The van der Waals surface area contributed by atoms with Gasteiger partial charge in [0.05, 0.1) is 16.7 Å². The molecule has 0 spiro atoms. The van der Waals surface area contributed by atoms with Crippen molar-refractivity contribution in [2.45, 2.75) is 20.3 Å². The summed E-state index contributed by atoms with van der Waals surface area (Å²) >= 11 is 0. The molecule has 0 unspecified atom stereocenters. The molecule has 7 nitrogen and oxygen atoms in total. The van der Waals surface area contributed by atoms with Gasteiger partial charge in [0, 0.05) is 24.8 Å². The molecule has 2 aromatic rings. The molecule has 0 radical (unpaired) electrons. The number of azo groups is 1. The molecule has 0 bridgehead atoms. The summed E-state index contributed by atoms with van der Waals surface area (Å²) in [5.74, 6) is -0.273. The van der Waals surface area contributed by atoms with Gasteiger partial charge < -0.3 is 10.0 Å². The molecule has 7 heteroatoms. The van der Waals surface area contributed by atoms with E-state index in [1.54, 1.807) is 0 Å². The van der Waals surface area contributed by atoms with E-state index in [2.05, 4.69) is 29.0 Å². The Balaban J connectivity index is 2.13. The second-order valence-electron chi connectivity index (χ2n) is 5.23. The van der Waals surface area contributed by atoms with Crippen LogP contribution in [-0.4, -0.2) is 23.1 Å². The summed E-state index contributed by atoms with van der Waals surface area (Å²) in [4.78, 5) is 12.3. The van der Waals surface area contributed by atoms with Crippen LogP contribution in [0.15, 0.2) is 52.7 Å². The molecular weight excluding hydrogens is 308 g/mol. The summed E-state index contributed by atoms with van der Waals surface area (Å²) in [5, 5.41) is 28.4. The van der Waals surface area contributed by atoms with Crippen LogP contribution in [0, 0.1) is 10.1 Å². The van der Waals surface area contributed by atoms with Crippen molar-refractivity contribution in [1.29, 1.82) is 0 Å². The van der Waals surface area contributed by atoms with Crippen LogP contribution in [-0.2, 0) is 0 Å². The van der Waals surface area contributed by atoms with Crippen LogP contribution in [0.3, 0.4) is 0 Å². The third kappa shape index (κ3) is 4.28. The molecule has 0 aliphatic carbocycles. The summed E-state index contributed by atoms with van der Waals surface area (Å²) < 4.78 is 0. The van der Waals surface area contributed by atoms with Crippen molar-refractivity contribution in [3.8, 4) is 5.75 Å². The maximum atomic E-state index is 10.6. The minimum atomic E-state index is -0.574. The summed E-state index contributed by atoms with van der Waals surface area (Å²) in [6.07, 6.45) is 1.08. The Kier molecular flexibility index (Phi) is 5.83. The molecule has 126 valence electrons. The van der Waals surface area contributed by atoms with E-state index in [0.29, 0.717) is 5.69 Å². The highest BCUT2D eigenvalue weighted by Gasteiger charge is 2.09. The Labute approximate surface area is 140 Å². The van der Waals surface area contributed by atoms with Crippen molar-refractivity contribution in [3.63, 3.8) is 0 Å². The lowest BCUT2D eigenvalue weighted by Gasteiger charge is -2.22. The second kappa shape index (κ2) is 8.05. The SMILES string of the molecule is CCCN(CC)c1ccc(/N=N/c2ccc([N+](=O)[O-])cc2O)cc1. The lowest BCUT2D eigenvalue weighted by atomic mass is 10.2. The van der Waals surface area contributed by atoms with Crippen molar-refractivity contribution >= 4 is 22.7 Å². The molecule has 0 aliphatic heterocycles. The van der Waals surface area contributed by atoms with Crippen LogP contribution < -0.4 is 4.90 Å². The van der Waals surface area contributed by atoms with E-state index in [0.717, 1.165) is 31.3 Å². The average molecular weight is 328 g/mol. The smallest absolute Gasteiger partial charge is 0.273 e. The summed E-state index contributed by atoms with van der Waals surface area (Å²) in [7, 11) is 0. The topological polar surface area (TPSA) is 91.3 Å². The average Bonchev–Trinajstić information content (AvgIpc) is 2.59. The fraction of sp³-hybridized carbons (Fsp3) is 0.294. The van der Waals surface area contributed by atoms with E-state index in [-0.39, 0.29) is 17.1 Å². The van der Waals surface area contributed by atoms with E-state index in [1.165, 1.54) is 12.1 Å². The van der Waals surface area contributed by atoms with Crippen LogP contribution in [0.2, 0.25) is 0 Å². The molecule has 0 fully saturated rings. The van der Waals surface area contributed by atoms with Crippen LogP contribution >= 0.6 is 0 Å². The van der Waals surface area contributed by atoms with Crippen LogP contribution in [0.25, 0.3) is 0 Å². The highest BCUT2D eigenvalue weighted by atomic mass is 16.6. The van der Waals surface area contributed by atoms with E-state index in [1.807, 2.05) is 24.3 Å². The van der Waals surface area contributed by atoms with E-state index in [9.17, 15) is 15.2 Å². The number of nitro benzene ring substituents is 1. The van der Waals surface area contributed by atoms with Crippen LogP contribution in [0.1, 0.15) is 20.3 Å². The van der Waals surface area contributed by atoms with Gasteiger partial charge in [-0.15, -0.1) is 5.11 Å². The van der Waals surface area contributed by atoms with Gasteiger partial charge in [0.2, 0.25) is 0 Å². The number of phenols is 1. The molecular formula is C17H20N4O3. The number of aromatic hydroxyl groups is 1. The molecule has 1 N–H and O–H groups in total. The van der Waals surface area contributed by atoms with E-state index in [4.69, 9.17) is 0 Å². The quantitative estimate of drug-likeness (QED) is 0.442. The van der Waals surface area contributed by atoms with Crippen LogP contribution in [0.5, 0.6) is 5.75 Å². The third-order valence-corrected chi connectivity index (χ3v) is 3.53. The Bertz CT molecular complexity index is 729. The van der Waals surface area contributed by atoms with Gasteiger partial charge in [-0.2, -0.15) is 5.11 Å². The van der Waals surface area contributed by atoms with Gasteiger partial charge >= 0.3 is 0 Å². The number of nitro groups is 1. The zero-order valence-electron chi connectivity index (χ0n) is 13.7. The third-order valence-electron chi connectivity index (χ3n) is 3.53. The normalized spacial score (nSPS) is 10.9. The highest BCUT2D eigenvalue weighted by Crippen LogP contribution is 2.31. The monoisotopic (exact) mass is 328 g/mol. The maximum absolute atomic E-state index is 10.6. The molecule has 0 amide bonds. The zero-order chi connectivity index (χ0) is 17.5. The van der Waals surface area contributed by atoms with Gasteiger partial charge in [-0.1, -0.05) is 6.92 Å². The molecule has 0 saturated carbocycles. The van der Waals surface area contributed by atoms with Gasteiger partial charge in [0.15, 0.2) is 0 Å². The van der Waals surface area contributed by atoms with Crippen molar-refractivity contribution in [2.75, 3.05) is 18.0 Å². The first-order chi connectivity index (χ1) is 11.5. The number of non-ortho nitro benzene ring substituents is 1. The molecule has 0 aliphatic rings. The van der Waals surface area contributed by atoms with Crippen molar-refractivity contribution < 1.29 is 10.0 Å². The first-order valence-corrected chi connectivity index (χ1v) is 7.79. The minimum absolute atomic E-state index is 0.186. The predicted octanol–water partition coefficient (Wildman–Crippen LogP) is 4.95. The Morgan fingerprint density at radius 2 is 1.83 bits per heavy atom. The molecule has 0 atom stereocenters. The molecule has 2 aromatic carbocycles. The van der Waals surface area contributed by atoms with Gasteiger partial charge in [-0.3, -0.25) is 10.1 Å². The number of nitrogens with zero attached hydrogens (tertiary/aromatic N) is 4. The lowest BCUT2D eigenvalue weighted by Crippen LogP contribution is -2.23. The van der Waals surface area contributed by atoms with Gasteiger partial charge in [0.1, 0.15) is 11.4 Å². The lowest BCUT2D eigenvalue weighted by molar-refractivity contribution is -0.384. The van der Waals surface area contributed by atoms with Crippen LogP contribution in [0.4, 0.5) is 22.7 Å². The minimum Gasteiger partial charge on any atom is -0.505 e. The van der Waals surface area contributed by atoms with Crippen molar-refractivity contribution in [1.82, 2.24) is 0 Å². The molecule has 0 heterocycles. The predicted molar refractivity (Wildman–Crippen MR) is 93.6 cm³/mol. The summed E-state index contributed by atoms with van der Waals surface area (Å²) in [5.41, 5.74) is 1.76. The fourth-order valence-electron chi connectivity index (χ4n) is 2.29. The van der Waals surface area contributed by atoms with E-state index < -0.39 is 4.92 Å². The van der Waals surface area contributed by atoms with E-state index >= 15 is 0 Å². The second-order valence-corrected chi connectivity index (χ2v) is 5.23. The summed E-state index contributed by atoms with van der Waals surface area (Å²) in [6, 6.07) is 11.3. The molecule has 0 saturated heterocycles. The van der Waals surface area contributed by atoms with Gasteiger partial charge in [-0.25, -0.2) is 0 Å². The number of hydrogen-bond acceptors (Lipinski definition) is 6. The first-order valence-electron chi connectivity index (χ1n) is 7.79. The Hall–Kier alpha value is -2.96.